The molecule has 0 saturated carbocycles. The fourth-order valence-electron chi connectivity index (χ4n) is 4.59. The van der Waals surface area contributed by atoms with E-state index in [1.807, 2.05) is 4.72 Å². The van der Waals surface area contributed by atoms with Gasteiger partial charge in [-0.3, -0.25) is 9.36 Å². The average molecular weight is 605 g/mol. The molecule has 1 saturated heterocycles. The first-order chi connectivity index (χ1) is 19.1. The molecule has 1 aliphatic heterocycles. The number of fused-ring (bicyclic) bond motifs is 1. The van der Waals surface area contributed by atoms with Crippen LogP contribution in [-0.4, -0.2) is 55.1 Å². The fraction of sp³-hybridized carbons (Fsp3) is 0.269. The lowest BCUT2D eigenvalue weighted by atomic mass is 10.2. The number of hydrogen-bond donors (Lipinski definition) is 3. The first kappa shape index (κ1) is 28.0. The number of benzene rings is 2. The first-order valence-electron chi connectivity index (χ1n) is 12.5. The van der Waals surface area contributed by atoms with E-state index in [0.717, 1.165) is 53.8 Å². The zero-order valence-corrected chi connectivity index (χ0v) is 23.8. The van der Waals surface area contributed by atoms with Crippen LogP contribution < -0.4 is 20.9 Å². The van der Waals surface area contributed by atoms with Gasteiger partial charge in [0.15, 0.2) is 0 Å². The van der Waals surface area contributed by atoms with Crippen LogP contribution in [-0.2, 0) is 10.0 Å². The number of thiophene rings is 1. The van der Waals surface area contributed by atoms with Gasteiger partial charge in [-0.2, -0.15) is 0 Å². The van der Waals surface area contributed by atoms with Crippen molar-refractivity contribution in [2.75, 3.05) is 36.8 Å². The number of hydrogen-bond acceptors (Lipinski definition) is 8. The third-order valence-corrected chi connectivity index (χ3v) is 9.53. The monoisotopic (exact) mass is 604 g/mol. The topological polar surface area (TPSA) is 125 Å². The molecule has 4 aromatic rings. The van der Waals surface area contributed by atoms with Crippen molar-refractivity contribution in [2.24, 2.45) is 0 Å². The molecule has 5 rings (SSSR count). The molecule has 0 unspecified atom stereocenters. The molecule has 10 nitrogen and oxygen atoms in total. The van der Waals surface area contributed by atoms with Crippen molar-refractivity contribution >= 4 is 61.3 Å². The molecule has 210 valence electrons. The number of aryl methyl sites for hydroxylation is 1. The number of aromatic nitrogens is 2. The molecule has 2 aromatic heterocycles. The van der Waals surface area contributed by atoms with Crippen molar-refractivity contribution in [3.05, 3.63) is 74.9 Å². The Morgan fingerprint density at radius 2 is 1.85 bits per heavy atom. The van der Waals surface area contributed by atoms with Gasteiger partial charge in [-0.25, -0.2) is 27.3 Å². The second-order valence-corrected chi connectivity index (χ2v) is 12.9. The summed E-state index contributed by atoms with van der Waals surface area (Å²) in [6.45, 7) is 5.56. The lowest BCUT2D eigenvalue weighted by molar-refractivity contribution is 0.256. The zero-order valence-electron chi connectivity index (χ0n) is 21.4. The van der Waals surface area contributed by atoms with E-state index in [9.17, 15) is 18.0 Å². The third-order valence-electron chi connectivity index (χ3n) is 6.48. The first-order valence-corrected chi connectivity index (χ1v) is 15.2. The van der Waals surface area contributed by atoms with Crippen molar-refractivity contribution in [1.29, 1.82) is 0 Å². The third kappa shape index (κ3) is 6.12. The quantitative estimate of drug-likeness (QED) is 0.269. The molecular weight excluding hydrogens is 579 g/mol. The number of nitrogens with zero attached hydrogens (tertiary/aromatic N) is 3. The Labute approximate surface area is 238 Å². The van der Waals surface area contributed by atoms with Gasteiger partial charge >= 0.3 is 6.03 Å². The van der Waals surface area contributed by atoms with Crippen molar-refractivity contribution in [3.8, 4) is 5.69 Å². The number of amides is 2. The number of carbonyl (C=O) groups excluding carboxylic acids is 1. The molecule has 2 aromatic carbocycles. The summed E-state index contributed by atoms with van der Waals surface area (Å²) < 4.78 is 42.9. The molecule has 2 amide bonds. The van der Waals surface area contributed by atoms with E-state index >= 15 is 4.39 Å². The maximum Gasteiger partial charge on any atom is 0.333 e. The number of nitrogens with one attached hydrogen (secondary N) is 3. The predicted molar refractivity (Wildman–Crippen MR) is 155 cm³/mol. The summed E-state index contributed by atoms with van der Waals surface area (Å²) in [5.41, 5.74) is 0.830. The van der Waals surface area contributed by atoms with Crippen LogP contribution in [0, 0.1) is 12.7 Å². The fourth-order valence-corrected chi connectivity index (χ4v) is 6.98. The molecule has 0 radical (unpaired) electrons. The smallest absolute Gasteiger partial charge is 0.333 e. The second kappa shape index (κ2) is 11.5. The highest BCUT2D eigenvalue weighted by Crippen LogP contribution is 2.26. The Hall–Kier alpha value is -3.52. The van der Waals surface area contributed by atoms with Crippen molar-refractivity contribution in [2.45, 2.75) is 24.0 Å². The Balaban J connectivity index is 1.32. The summed E-state index contributed by atoms with van der Waals surface area (Å²) in [7, 11) is -4.15. The van der Waals surface area contributed by atoms with Crippen LogP contribution in [0.1, 0.15) is 18.7 Å². The summed E-state index contributed by atoms with van der Waals surface area (Å²) in [6, 6.07) is 10.5. The summed E-state index contributed by atoms with van der Waals surface area (Å²) >= 11 is 6.55. The number of carbonyl (C=O) groups is 1. The molecule has 40 heavy (non-hydrogen) atoms. The van der Waals surface area contributed by atoms with E-state index in [4.69, 9.17) is 11.6 Å². The van der Waals surface area contributed by atoms with E-state index in [1.54, 1.807) is 25.1 Å². The Bertz CT molecular complexity index is 1750. The minimum Gasteiger partial charge on any atom is -0.384 e. The molecule has 0 spiro atoms. The molecule has 3 N–H and O–H groups in total. The van der Waals surface area contributed by atoms with Gasteiger partial charge < -0.3 is 15.5 Å². The van der Waals surface area contributed by atoms with Gasteiger partial charge in [0.05, 0.1) is 20.9 Å². The lowest BCUT2D eigenvalue weighted by Crippen LogP contribution is -2.34. The summed E-state index contributed by atoms with van der Waals surface area (Å²) in [4.78, 5) is 32.5. The highest BCUT2D eigenvalue weighted by molar-refractivity contribution is 7.92. The van der Waals surface area contributed by atoms with Crippen LogP contribution in [0.15, 0.2) is 57.5 Å². The number of likely N-dealkylation sites (tertiary alicyclic amines) is 1. The number of sulfonamides is 1. The van der Waals surface area contributed by atoms with E-state index in [1.165, 1.54) is 37.1 Å². The van der Waals surface area contributed by atoms with Gasteiger partial charge in [0.1, 0.15) is 15.9 Å². The van der Waals surface area contributed by atoms with Gasteiger partial charge in [0.25, 0.3) is 15.6 Å². The van der Waals surface area contributed by atoms with Crippen LogP contribution in [0.5, 0.6) is 0 Å². The predicted octanol–water partition coefficient (Wildman–Crippen LogP) is 4.57. The van der Waals surface area contributed by atoms with E-state index in [-0.39, 0.29) is 25.7 Å². The molecule has 14 heteroatoms. The number of urea groups is 1. The lowest BCUT2D eigenvalue weighted by Gasteiger charge is -2.16. The molecule has 0 bridgehead atoms. The standard InChI is InChI=1S/C26H26ClFN6O4S2/c1-16-30-21-15-17(29-10-13-33-11-2-3-12-33)4-6-19(21)25(35)34(16)22-7-5-18(14-20(22)28)31-26(36)32-40(37,38)24-9-8-23(27)39-24/h4-9,14-15,29H,2-3,10-13H2,1H3,(H2,31,32,36). The average Bonchev–Trinajstić information content (AvgIpc) is 3.57. The van der Waals surface area contributed by atoms with Gasteiger partial charge in [-0.15, -0.1) is 11.3 Å². The number of halogens is 2. The summed E-state index contributed by atoms with van der Waals surface area (Å²) in [5, 5.41) is 5.98. The highest BCUT2D eigenvalue weighted by Gasteiger charge is 2.21. The van der Waals surface area contributed by atoms with Gasteiger partial charge in [-0.05, 0) is 81.4 Å². The maximum absolute atomic E-state index is 15.2. The summed E-state index contributed by atoms with van der Waals surface area (Å²) in [6.07, 6.45) is 2.47. The van der Waals surface area contributed by atoms with E-state index in [2.05, 4.69) is 20.5 Å². The molecule has 1 aliphatic rings. The van der Waals surface area contributed by atoms with Crippen LogP contribution in [0.2, 0.25) is 4.34 Å². The van der Waals surface area contributed by atoms with Crippen molar-refractivity contribution < 1.29 is 17.6 Å². The minimum absolute atomic E-state index is 0.0118. The molecule has 0 aliphatic carbocycles. The van der Waals surface area contributed by atoms with Crippen molar-refractivity contribution in [1.82, 2.24) is 19.2 Å². The van der Waals surface area contributed by atoms with Crippen LogP contribution >= 0.6 is 22.9 Å². The van der Waals surface area contributed by atoms with Gasteiger partial charge in [0.2, 0.25) is 0 Å². The van der Waals surface area contributed by atoms with Crippen LogP contribution in [0.3, 0.4) is 0 Å². The molecule has 1 fully saturated rings. The van der Waals surface area contributed by atoms with Gasteiger partial charge in [0, 0.05) is 24.5 Å². The summed E-state index contributed by atoms with van der Waals surface area (Å²) in [5.74, 6) is -0.526. The minimum atomic E-state index is -4.15. The number of rotatable bonds is 8. The normalized spacial score (nSPS) is 14.0. The van der Waals surface area contributed by atoms with Crippen molar-refractivity contribution in [3.63, 3.8) is 0 Å². The Morgan fingerprint density at radius 3 is 2.55 bits per heavy atom. The largest absolute Gasteiger partial charge is 0.384 e. The number of anilines is 2. The molecule has 0 atom stereocenters. The molecular formula is C26H26ClFN6O4S2. The Morgan fingerprint density at radius 1 is 1.10 bits per heavy atom. The highest BCUT2D eigenvalue weighted by atomic mass is 35.5. The van der Waals surface area contributed by atoms with E-state index < -0.39 is 27.4 Å². The van der Waals surface area contributed by atoms with Gasteiger partial charge in [-0.1, -0.05) is 11.6 Å². The second-order valence-electron chi connectivity index (χ2n) is 9.29. The van der Waals surface area contributed by atoms with Crippen LogP contribution in [0.25, 0.3) is 16.6 Å². The zero-order chi connectivity index (χ0) is 28.4. The Kier molecular flexibility index (Phi) is 8.08. The van der Waals surface area contributed by atoms with Crippen LogP contribution in [0.4, 0.5) is 20.6 Å². The molecule has 3 heterocycles. The maximum atomic E-state index is 15.2. The SMILES string of the molecule is Cc1nc2cc(NCCN3CCCC3)ccc2c(=O)n1-c1ccc(NC(=O)NS(=O)(=O)c2ccc(Cl)s2)cc1F. The van der Waals surface area contributed by atoms with E-state index in [0.29, 0.717) is 10.9 Å².